The molecule has 3 N–H and O–H groups in total. The van der Waals surface area contributed by atoms with Crippen LogP contribution < -0.4 is 10.6 Å². The van der Waals surface area contributed by atoms with Crippen LogP contribution in [0.15, 0.2) is 36.4 Å². The van der Waals surface area contributed by atoms with Crippen LogP contribution in [0.3, 0.4) is 0 Å². The number of fused-ring (bicyclic) bond motifs is 2. The molecule has 0 spiro atoms. The molecular weight excluding hydrogens is 630 g/mol. The lowest BCUT2D eigenvalue weighted by molar-refractivity contribution is -0.137. The first-order valence-corrected chi connectivity index (χ1v) is 16.3. The van der Waals surface area contributed by atoms with Gasteiger partial charge >= 0.3 is 0 Å². The lowest BCUT2D eigenvalue weighted by Crippen LogP contribution is -2.51. The van der Waals surface area contributed by atoms with Crippen molar-refractivity contribution in [1.29, 1.82) is 0 Å². The highest BCUT2D eigenvalue weighted by Gasteiger charge is 2.40. The molecule has 4 aromatic rings. The number of H-pyrrole nitrogens is 1. The number of nitrogens with zero attached hydrogens (tertiary/aromatic N) is 4. The van der Waals surface area contributed by atoms with Crippen LogP contribution in [0.25, 0.3) is 33.5 Å². The van der Waals surface area contributed by atoms with Gasteiger partial charge in [0.2, 0.25) is 18.2 Å². The van der Waals surface area contributed by atoms with Gasteiger partial charge in [-0.1, -0.05) is 13.3 Å². The molecule has 5 atom stereocenters. The van der Waals surface area contributed by atoms with E-state index in [1.807, 2.05) is 6.92 Å². The standard InChI is InChI=1S/C34H39F4N7O3/c1-3-4-27(40-31(47)14-39-2)34(48)44-16-22(38)9-23(44)13-26-25-7-5-19(35)11-28(25)41-32(26)33-42-29-12-20(36)6-8-30(29)45(33)17-24-10-21(37)15-43(24)18-46/h5-8,11-12,18,21-24,27,39,41H,3-4,9-10,13-17H2,1-2H3,(H,40,47). The maximum atomic E-state index is 15.1. The van der Waals surface area contributed by atoms with Gasteiger partial charge in [-0.05, 0) is 55.8 Å². The average Bonchev–Trinajstić information content (AvgIpc) is 3.79. The Labute approximate surface area is 274 Å². The number of benzene rings is 2. The summed E-state index contributed by atoms with van der Waals surface area (Å²) in [5.41, 5.74) is 2.43. The number of carbonyl (C=O) groups is 3. The minimum Gasteiger partial charge on any atom is -0.352 e. The Morgan fingerprint density at radius 2 is 1.79 bits per heavy atom. The molecule has 2 aliphatic heterocycles. The number of aromatic amines is 1. The van der Waals surface area contributed by atoms with Gasteiger partial charge in [-0.25, -0.2) is 22.5 Å². The first kappa shape index (κ1) is 33.4. The summed E-state index contributed by atoms with van der Waals surface area (Å²) in [6, 6.07) is 6.47. The Morgan fingerprint density at radius 1 is 1.06 bits per heavy atom. The maximum absolute atomic E-state index is 15.1. The fourth-order valence-corrected chi connectivity index (χ4v) is 7.22. The lowest BCUT2D eigenvalue weighted by Gasteiger charge is -2.29. The highest BCUT2D eigenvalue weighted by molar-refractivity contribution is 5.92. The largest absolute Gasteiger partial charge is 0.352 e. The maximum Gasteiger partial charge on any atom is 0.245 e. The number of alkyl halides is 2. The van der Waals surface area contributed by atoms with Gasteiger partial charge in [0.15, 0.2) is 5.82 Å². The van der Waals surface area contributed by atoms with Crippen molar-refractivity contribution in [3.8, 4) is 11.5 Å². The SMILES string of the molecule is CCCC(NC(=O)CNC)C(=O)N1CC(F)CC1Cc1c(-c2nc3cc(F)ccc3n2CC2CC(F)CN2C=O)[nH]c2cc(F)ccc12. The molecule has 256 valence electrons. The first-order valence-electron chi connectivity index (χ1n) is 16.3. The Balaban J connectivity index is 1.43. The summed E-state index contributed by atoms with van der Waals surface area (Å²) in [5, 5.41) is 6.17. The molecule has 0 radical (unpaired) electrons. The van der Waals surface area contributed by atoms with Gasteiger partial charge in [0, 0.05) is 42.4 Å². The molecule has 0 aliphatic carbocycles. The van der Waals surface area contributed by atoms with Crippen LogP contribution >= 0.6 is 0 Å². The van der Waals surface area contributed by atoms with Gasteiger partial charge < -0.3 is 30.0 Å². The summed E-state index contributed by atoms with van der Waals surface area (Å²) < 4.78 is 60.3. The van der Waals surface area contributed by atoms with Crippen molar-refractivity contribution in [1.82, 2.24) is 35.0 Å². The van der Waals surface area contributed by atoms with E-state index in [2.05, 4.69) is 15.6 Å². The van der Waals surface area contributed by atoms with Crippen LogP contribution in [0.2, 0.25) is 0 Å². The highest BCUT2D eigenvalue weighted by atomic mass is 19.1. The Kier molecular flexibility index (Phi) is 9.72. The summed E-state index contributed by atoms with van der Waals surface area (Å²) in [6.45, 7) is 1.91. The lowest BCUT2D eigenvalue weighted by atomic mass is 9.99. The van der Waals surface area contributed by atoms with E-state index < -0.39 is 42.1 Å². The van der Waals surface area contributed by atoms with E-state index >= 15 is 4.39 Å². The third-order valence-electron chi connectivity index (χ3n) is 9.37. The van der Waals surface area contributed by atoms with Crippen LogP contribution in [0.4, 0.5) is 17.6 Å². The number of aromatic nitrogens is 3. The monoisotopic (exact) mass is 669 g/mol. The van der Waals surface area contributed by atoms with Crippen molar-refractivity contribution < 1.29 is 31.9 Å². The van der Waals surface area contributed by atoms with Gasteiger partial charge in [-0.3, -0.25) is 14.4 Å². The molecule has 48 heavy (non-hydrogen) atoms. The Bertz CT molecular complexity index is 1830. The van der Waals surface area contributed by atoms with Crippen molar-refractivity contribution in [3.63, 3.8) is 0 Å². The zero-order chi connectivity index (χ0) is 34.1. The number of imidazole rings is 1. The van der Waals surface area contributed by atoms with E-state index in [-0.39, 0.29) is 57.3 Å². The Hall–Kier alpha value is -4.46. The third kappa shape index (κ3) is 6.62. The number of halogens is 4. The number of likely N-dealkylation sites (N-methyl/N-ethyl adjacent to an activating group) is 1. The normalized spacial score (nSPS) is 21.8. The summed E-state index contributed by atoms with van der Waals surface area (Å²) >= 11 is 0. The van der Waals surface area contributed by atoms with Gasteiger partial charge in [-0.2, -0.15) is 0 Å². The zero-order valence-corrected chi connectivity index (χ0v) is 26.8. The molecule has 2 aliphatic rings. The van der Waals surface area contributed by atoms with E-state index in [0.29, 0.717) is 58.3 Å². The van der Waals surface area contributed by atoms with E-state index in [1.54, 1.807) is 23.7 Å². The molecule has 3 amide bonds. The molecule has 6 rings (SSSR count). The topological polar surface area (TPSA) is 115 Å². The minimum atomic E-state index is -1.29. The molecule has 4 heterocycles. The predicted molar refractivity (Wildman–Crippen MR) is 172 cm³/mol. The highest BCUT2D eigenvalue weighted by Crippen LogP contribution is 2.37. The van der Waals surface area contributed by atoms with Gasteiger partial charge in [-0.15, -0.1) is 0 Å². The summed E-state index contributed by atoms with van der Waals surface area (Å²) in [5.74, 6) is -1.36. The second kappa shape index (κ2) is 14.0. The predicted octanol–water partition coefficient (Wildman–Crippen LogP) is 4.02. The molecular formula is C34H39F4N7O3. The second-order valence-electron chi connectivity index (χ2n) is 12.8. The van der Waals surface area contributed by atoms with Crippen LogP contribution in [0.5, 0.6) is 0 Å². The van der Waals surface area contributed by atoms with E-state index in [4.69, 9.17) is 4.98 Å². The third-order valence-corrected chi connectivity index (χ3v) is 9.37. The van der Waals surface area contributed by atoms with Gasteiger partial charge in [0.1, 0.15) is 30.0 Å². The summed E-state index contributed by atoms with van der Waals surface area (Å²) in [4.78, 5) is 49.0. The van der Waals surface area contributed by atoms with Crippen molar-refractivity contribution in [3.05, 3.63) is 53.6 Å². The van der Waals surface area contributed by atoms with Gasteiger partial charge in [0.25, 0.3) is 0 Å². The number of hydrogen-bond acceptors (Lipinski definition) is 5. The van der Waals surface area contributed by atoms with E-state index in [1.165, 1.54) is 34.1 Å². The van der Waals surface area contributed by atoms with Crippen LogP contribution in [0, 0.1) is 11.6 Å². The minimum absolute atomic E-state index is 0.0280. The number of amides is 3. The summed E-state index contributed by atoms with van der Waals surface area (Å²) in [7, 11) is 1.62. The molecule has 5 unspecified atom stereocenters. The first-order chi connectivity index (χ1) is 23.1. The van der Waals surface area contributed by atoms with Crippen molar-refractivity contribution in [2.24, 2.45) is 0 Å². The molecule has 2 aromatic carbocycles. The fraction of sp³-hybridized carbons (Fsp3) is 0.471. The fourth-order valence-electron chi connectivity index (χ4n) is 7.22. The quantitative estimate of drug-likeness (QED) is 0.156. The van der Waals surface area contributed by atoms with Crippen LogP contribution in [-0.4, -0.2) is 99.7 Å². The molecule has 2 fully saturated rings. The zero-order valence-electron chi connectivity index (χ0n) is 26.8. The number of nitrogens with one attached hydrogen (secondary N) is 3. The van der Waals surface area contributed by atoms with Gasteiger partial charge in [0.05, 0.1) is 42.4 Å². The molecule has 2 saturated heterocycles. The Morgan fingerprint density at radius 3 is 2.54 bits per heavy atom. The van der Waals surface area contributed by atoms with Crippen molar-refractivity contribution in [2.45, 2.75) is 76.0 Å². The van der Waals surface area contributed by atoms with E-state index in [9.17, 15) is 27.6 Å². The molecule has 14 heteroatoms. The molecule has 10 nitrogen and oxygen atoms in total. The number of rotatable bonds is 12. The summed E-state index contributed by atoms with van der Waals surface area (Å²) in [6.07, 6.45) is -0.529. The van der Waals surface area contributed by atoms with Crippen molar-refractivity contribution in [2.75, 3.05) is 26.7 Å². The van der Waals surface area contributed by atoms with Crippen LogP contribution in [-0.2, 0) is 27.3 Å². The molecule has 2 aromatic heterocycles. The second-order valence-corrected chi connectivity index (χ2v) is 12.8. The van der Waals surface area contributed by atoms with E-state index in [0.717, 1.165) is 0 Å². The average molecular weight is 670 g/mol. The van der Waals surface area contributed by atoms with Crippen molar-refractivity contribution >= 4 is 40.2 Å². The number of likely N-dealkylation sites (tertiary alicyclic amines) is 2. The smallest absolute Gasteiger partial charge is 0.245 e. The number of hydrogen-bond donors (Lipinski definition) is 3. The molecule has 0 bridgehead atoms. The van der Waals surface area contributed by atoms with Crippen LogP contribution in [0.1, 0.15) is 38.2 Å². The molecule has 0 saturated carbocycles. The number of carbonyl (C=O) groups excluding carboxylic acids is 3.